The van der Waals surface area contributed by atoms with Crippen molar-refractivity contribution in [1.82, 2.24) is 14.9 Å². The average molecular weight is 374 g/mol. The highest BCUT2D eigenvalue weighted by atomic mass is 32.2. The largest absolute Gasteiger partial charge is 0.494 e. The standard InChI is InChI=1S/C16H27FN4O3S/c1-16(2,20-25(6,22)23)11-19-15(18-3)21(4)10-12-7-8-14(24-5)13(17)9-12/h7-9,20H,10-11H2,1-6H3,(H,18,19). The van der Waals surface area contributed by atoms with Crippen molar-refractivity contribution >= 4 is 16.0 Å². The molecule has 25 heavy (non-hydrogen) atoms. The molecule has 7 nitrogen and oxygen atoms in total. The number of halogens is 1. The van der Waals surface area contributed by atoms with Crippen LogP contribution in [0.1, 0.15) is 19.4 Å². The van der Waals surface area contributed by atoms with Crippen LogP contribution in [0.3, 0.4) is 0 Å². The molecule has 1 aromatic rings. The van der Waals surface area contributed by atoms with Gasteiger partial charge in [0.1, 0.15) is 0 Å². The summed E-state index contributed by atoms with van der Waals surface area (Å²) in [6.07, 6.45) is 1.12. The normalized spacial score (nSPS) is 12.8. The summed E-state index contributed by atoms with van der Waals surface area (Å²) in [6.45, 7) is 4.31. The molecule has 9 heteroatoms. The lowest BCUT2D eigenvalue weighted by molar-refractivity contribution is 0.385. The summed E-state index contributed by atoms with van der Waals surface area (Å²) in [4.78, 5) is 5.99. The molecule has 0 fully saturated rings. The first-order chi connectivity index (χ1) is 11.5. The van der Waals surface area contributed by atoms with Crippen LogP contribution in [-0.2, 0) is 16.6 Å². The molecule has 0 bridgehead atoms. The molecule has 0 atom stereocenters. The molecular formula is C16H27FN4O3S. The summed E-state index contributed by atoms with van der Waals surface area (Å²) in [7, 11) is 1.55. The van der Waals surface area contributed by atoms with E-state index in [1.165, 1.54) is 13.2 Å². The lowest BCUT2D eigenvalue weighted by Crippen LogP contribution is -2.53. The van der Waals surface area contributed by atoms with Gasteiger partial charge in [-0.05, 0) is 31.5 Å². The summed E-state index contributed by atoms with van der Waals surface area (Å²) < 4.78 is 44.0. The third-order valence-electron chi connectivity index (χ3n) is 3.36. The van der Waals surface area contributed by atoms with Gasteiger partial charge in [0.15, 0.2) is 17.5 Å². The number of rotatable bonds is 7. The molecule has 142 valence electrons. The molecule has 1 aromatic carbocycles. The Labute approximate surface area is 149 Å². The van der Waals surface area contributed by atoms with Crippen molar-refractivity contribution in [1.29, 1.82) is 0 Å². The van der Waals surface area contributed by atoms with Crippen molar-refractivity contribution < 1.29 is 17.5 Å². The molecule has 0 aliphatic heterocycles. The smallest absolute Gasteiger partial charge is 0.209 e. The summed E-state index contributed by atoms with van der Waals surface area (Å²) in [6, 6.07) is 4.77. The number of hydrogen-bond donors (Lipinski definition) is 2. The van der Waals surface area contributed by atoms with Gasteiger partial charge in [0.25, 0.3) is 0 Å². The molecule has 0 unspecified atom stereocenters. The van der Waals surface area contributed by atoms with Gasteiger partial charge in [-0.2, -0.15) is 0 Å². The summed E-state index contributed by atoms with van der Waals surface area (Å²) in [5, 5.41) is 3.12. The third-order valence-corrected chi connectivity index (χ3v) is 4.28. The van der Waals surface area contributed by atoms with Gasteiger partial charge >= 0.3 is 0 Å². The van der Waals surface area contributed by atoms with E-state index < -0.39 is 21.4 Å². The second kappa shape index (κ2) is 8.48. The first kappa shape index (κ1) is 21.2. The molecule has 0 saturated carbocycles. The van der Waals surface area contributed by atoms with Crippen molar-refractivity contribution in [2.45, 2.75) is 25.9 Å². The van der Waals surface area contributed by atoms with Crippen LogP contribution in [0.2, 0.25) is 0 Å². The van der Waals surface area contributed by atoms with E-state index in [0.29, 0.717) is 19.0 Å². The number of methoxy groups -OCH3 is 1. The molecule has 0 aliphatic carbocycles. The van der Waals surface area contributed by atoms with Gasteiger partial charge in [-0.3, -0.25) is 4.99 Å². The third kappa shape index (κ3) is 7.27. The van der Waals surface area contributed by atoms with E-state index in [1.807, 2.05) is 11.9 Å². The van der Waals surface area contributed by atoms with Crippen LogP contribution in [0.25, 0.3) is 0 Å². The van der Waals surface area contributed by atoms with E-state index in [9.17, 15) is 12.8 Å². The number of benzene rings is 1. The maximum atomic E-state index is 13.8. The zero-order valence-electron chi connectivity index (χ0n) is 15.6. The van der Waals surface area contributed by atoms with Gasteiger partial charge < -0.3 is 15.0 Å². The van der Waals surface area contributed by atoms with E-state index in [0.717, 1.165) is 11.8 Å². The Morgan fingerprint density at radius 1 is 1.40 bits per heavy atom. The Kier molecular flexibility index (Phi) is 7.18. The maximum absolute atomic E-state index is 13.8. The van der Waals surface area contributed by atoms with E-state index >= 15 is 0 Å². The molecule has 2 N–H and O–H groups in total. The number of nitrogens with one attached hydrogen (secondary N) is 2. The molecule has 0 spiro atoms. The first-order valence-corrected chi connectivity index (χ1v) is 9.60. The van der Waals surface area contributed by atoms with Crippen LogP contribution in [-0.4, -0.2) is 58.8 Å². The summed E-state index contributed by atoms with van der Waals surface area (Å²) in [5.41, 5.74) is 0.0774. The minimum atomic E-state index is -3.31. The number of aliphatic imine (C=N–C) groups is 1. The Balaban J connectivity index is 2.72. The van der Waals surface area contributed by atoms with Crippen molar-refractivity contribution in [3.8, 4) is 5.75 Å². The van der Waals surface area contributed by atoms with E-state index in [4.69, 9.17) is 4.74 Å². The zero-order valence-corrected chi connectivity index (χ0v) is 16.4. The number of hydrogen-bond acceptors (Lipinski definition) is 4. The number of sulfonamides is 1. The lowest BCUT2D eigenvalue weighted by atomic mass is 10.1. The highest BCUT2D eigenvalue weighted by Crippen LogP contribution is 2.18. The molecule has 1 rings (SSSR count). The van der Waals surface area contributed by atoms with Crippen LogP contribution < -0.4 is 14.8 Å². The molecule has 0 radical (unpaired) electrons. The Bertz CT molecular complexity index is 720. The second-order valence-electron chi connectivity index (χ2n) is 6.48. The van der Waals surface area contributed by atoms with Gasteiger partial charge in [-0.15, -0.1) is 0 Å². The molecular weight excluding hydrogens is 347 g/mol. The van der Waals surface area contributed by atoms with E-state index in [2.05, 4.69) is 15.0 Å². The fourth-order valence-electron chi connectivity index (χ4n) is 2.38. The van der Waals surface area contributed by atoms with E-state index in [1.54, 1.807) is 33.0 Å². The molecule has 0 amide bonds. The van der Waals surface area contributed by atoms with Gasteiger partial charge in [0.05, 0.1) is 13.4 Å². The SMILES string of the molecule is CN=C(NCC(C)(C)NS(C)(=O)=O)N(C)Cc1ccc(OC)c(F)c1. The highest BCUT2D eigenvalue weighted by Gasteiger charge is 2.23. The topological polar surface area (TPSA) is 83.0 Å². The van der Waals surface area contributed by atoms with E-state index in [-0.39, 0.29) is 5.75 Å². The second-order valence-corrected chi connectivity index (χ2v) is 8.23. The fraction of sp³-hybridized carbons (Fsp3) is 0.562. The van der Waals surface area contributed by atoms with Crippen molar-refractivity contribution in [3.63, 3.8) is 0 Å². The van der Waals surface area contributed by atoms with Crippen LogP contribution in [0.4, 0.5) is 4.39 Å². The number of nitrogens with zero attached hydrogens (tertiary/aromatic N) is 2. The predicted molar refractivity (Wildman–Crippen MR) is 97.8 cm³/mol. The molecule has 0 aliphatic rings. The maximum Gasteiger partial charge on any atom is 0.209 e. The van der Waals surface area contributed by atoms with Crippen LogP contribution in [0, 0.1) is 5.82 Å². The van der Waals surface area contributed by atoms with Crippen molar-refractivity contribution in [2.75, 3.05) is 34.0 Å². The van der Waals surface area contributed by atoms with Crippen molar-refractivity contribution in [2.24, 2.45) is 4.99 Å². The highest BCUT2D eigenvalue weighted by molar-refractivity contribution is 7.88. The molecule has 0 aromatic heterocycles. The van der Waals surface area contributed by atoms with Crippen LogP contribution >= 0.6 is 0 Å². The zero-order chi connectivity index (χ0) is 19.3. The van der Waals surface area contributed by atoms with Gasteiger partial charge in [0.2, 0.25) is 10.0 Å². The predicted octanol–water partition coefficient (Wildman–Crippen LogP) is 1.17. The van der Waals surface area contributed by atoms with Crippen LogP contribution in [0.5, 0.6) is 5.75 Å². The Morgan fingerprint density at radius 2 is 2.04 bits per heavy atom. The van der Waals surface area contributed by atoms with Gasteiger partial charge in [0, 0.05) is 32.7 Å². The number of guanidine groups is 1. The Morgan fingerprint density at radius 3 is 2.52 bits per heavy atom. The summed E-state index contributed by atoms with van der Waals surface area (Å²) >= 11 is 0. The quantitative estimate of drug-likeness (QED) is 0.553. The van der Waals surface area contributed by atoms with Crippen LogP contribution in [0.15, 0.2) is 23.2 Å². The average Bonchev–Trinajstić information content (AvgIpc) is 2.45. The Hall–Kier alpha value is -1.87. The lowest BCUT2D eigenvalue weighted by Gasteiger charge is -2.29. The molecule has 0 heterocycles. The minimum absolute atomic E-state index is 0.197. The van der Waals surface area contributed by atoms with Crippen molar-refractivity contribution in [3.05, 3.63) is 29.6 Å². The fourth-order valence-corrected chi connectivity index (χ4v) is 3.46. The van der Waals surface area contributed by atoms with Gasteiger partial charge in [-0.1, -0.05) is 6.07 Å². The first-order valence-electron chi connectivity index (χ1n) is 7.70. The van der Waals surface area contributed by atoms with Gasteiger partial charge in [-0.25, -0.2) is 17.5 Å². The minimum Gasteiger partial charge on any atom is -0.494 e. The monoisotopic (exact) mass is 374 g/mol. The molecule has 0 saturated heterocycles. The summed E-state index contributed by atoms with van der Waals surface area (Å²) in [5.74, 6) is 0.344. The number of ether oxygens (including phenoxy) is 1.